The van der Waals surface area contributed by atoms with Gasteiger partial charge < -0.3 is 10.5 Å². The third-order valence-electron chi connectivity index (χ3n) is 4.81. The molecule has 2 nitrogen and oxygen atoms in total. The molecule has 0 aliphatic heterocycles. The Bertz CT molecular complexity index is 463. The van der Waals surface area contributed by atoms with Crippen molar-refractivity contribution in [3.8, 4) is 5.75 Å². The van der Waals surface area contributed by atoms with Gasteiger partial charge in [0, 0.05) is 5.54 Å². The first-order chi connectivity index (χ1) is 10.1. The molecule has 2 N–H and O–H groups in total. The van der Waals surface area contributed by atoms with Crippen LogP contribution in [0.1, 0.15) is 57.4 Å². The van der Waals surface area contributed by atoms with Gasteiger partial charge in [-0.15, -0.1) is 0 Å². The second-order valence-electron chi connectivity index (χ2n) is 6.59. The van der Waals surface area contributed by atoms with E-state index >= 15 is 0 Å². The first kappa shape index (κ1) is 16.8. The van der Waals surface area contributed by atoms with Gasteiger partial charge in [0.25, 0.3) is 0 Å². The predicted molar refractivity (Wildman–Crippen MR) is 92.8 cm³/mol. The van der Waals surface area contributed by atoms with Crippen LogP contribution in [0.4, 0.5) is 0 Å². The topological polar surface area (TPSA) is 35.2 Å². The Morgan fingerprint density at radius 2 is 2.14 bits per heavy atom. The molecule has 1 fully saturated rings. The zero-order valence-electron chi connectivity index (χ0n) is 13.3. The number of rotatable bonds is 5. The van der Waals surface area contributed by atoms with Gasteiger partial charge in [-0.2, -0.15) is 0 Å². The molecule has 0 spiro atoms. The molecule has 1 aliphatic rings. The number of methoxy groups -OCH3 is 1. The van der Waals surface area contributed by atoms with Gasteiger partial charge in [-0.3, -0.25) is 0 Å². The number of hydrogen-bond donors (Lipinski definition) is 1. The standard InChI is InChI=1S/C18H28BrNO/c1-3-5-14-6-4-10-18(20,11-9-14)13-15-7-8-17(21-2)16(19)12-15/h7-8,12,14H,3-6,9-11,13,20H2,1-2H3. The van der Waals surface area contributed by atoms with Crippen molar-refractivity contribution in [3.05, 3.63) is 28.2 Å². The van der Waals surface area contributed by atoms with Crippen molar-refractivity contribution in [1.82, 2.24) is 0 Å². The summed E-state index contributed by atoms with van der Waals surface area (Å²) in [5.41, 5.74) is 8.00. The van der Waals surface area contributed by atoms with Crippen LogP contribution in [-0.2, 0) is 6.42 Å². The van der Waals surface area contributed by atoms with Crippen molar-refractivity contribution in [2.75, 3.05) is 7.11 Å². The van der Waals surface area contributed by atoms with Crippen LogP contribution < -0.4 is 10.5 Å². The molecule has 118 valence electrons. The molecular formula is C18H28BrNO. The number of benzene rings is 1. The quantitative estimate of drug-likeness (QED) is 0.749. The summed E-state index contributed by atoms with van der Waals surface area (Å²) < 4.78 is 6.32. The Balaban J connectivity index is 2.02. The lowest BCUT2D eigenvalue weighted by Gasteiger charge is -2.28. The summed E-state index contributed by atoms with van der Waals surface area (Å²) in [6, 6.07) is 6.33. The molecule has 0 radical (unpaired) electrons. The Morgan fingerprint density at radius 3 is 2.81 bits per heavy atom. The highest BCUT2D eigenvalue weighted by Crippen LogP contribution is 2.34. The van der Waals surface area contributed by atoms with Gasteiger partial charge in [0.15, 0.2) is 0 Å². The van der Waals surface area contributed by atoms with Crippen molar-refractivity contribution < 1.29 is 4.74 Å². The van der Waals surface area contributed by atoms with E-state index in [4.69, 9.17) is 10.5 Å². The molecule has 21 heavy (non-hydrogen) atoms. The molecule has 0 bridgehead atoms. The summed E-state index contributed by atoms with van der Waals surface area (Å²) in [5, 5.41) is 0. The number of nitrogens with two attached hydrogens (primary N) is 1. The highest BCUT2D eigenvalue weighted by Gasteiger charge is 2.29. The van der Waals surface area contributed by atoms with E-state index in [0.29, 0.717) is 0 Å². The van der Waals surface area contributed by atoms with E-state index in [1.807, 2.05) is 6.07 Å². The Hall–Kier alpha value is -0.540. The van der Waals surface area contributed by atoms with Gasteiger partial charge >= 0.3 is 0 Å². The maximum Gasteiger partial charge on any atom is 0.133 e. The number of halogens is 1. The van der Waals surface area contributed by atoms with E-state index in [9.17, 15) is 0 Å². The van der Waals surface area contributed by atoms with Gasteiger partial charge in [-0.1, -0.05) is 38.7 Å². The van der Waals surface area contributed by atoms with Crippen molar-refractivity contribution in [1.29, 1.82) is 0 Å². The molecule has 0 saturated heterocycles. The van der Waals surface area contributed by atoms with Crippen molar-refractivity contribution in [2.24, 2.45) is 11.7 Å². The second-order valence-corrected chi connectivity index (χ2v) is 7.45. The third-order valence-corrected chi connectivity index (χ3v) is 5.43. The lowest BCUT2D eigenvalue weighted by molar-refractivity contribution is 0.354. The van der Waals surface area contributed by atoms with Gasteiger partial charge in [-0.05, 0) is 65.2 Å². The molecular weight excluding hydrogens is 326 g/mol. The van der Waals surface area contributed by atoms with Crippen LogP contribution in [0, 0.1) is 5.92 Å². The highest BCUT2D eigenvalue weighted by atomic mass is 79.9. The summed E-state index contributed by atoms with van der Waals surface area (Å²) in [6.07, 6.45) is 9.86. The number of hydrogen-bond acceptors (Lipinski definition) is 2. The summed E-state index contributed by atoms with van der Waals surface area (Å²) in [7, 11) is 1.70. The SMILES string of the molecule is CCCC1CCCC(N)(Cc2ccc(OC)c(Br)c2)CC1. The van der Waals surface area contributed by atoms with Crippen LogP contribution in [0.5, 0.6) is 5.75 Å². The van der Waals surface area contributed by atoms with Gasteiger partial charge in [0.1, 0.15) is 5.75 Å². The first-order valence-electron chi connectivity index (χ1n) is 8.17. The van der Waals surface area contributed by atoms with E-state index in [0.717, 1.165) is 35.4 Å². The van der Waals surface area contributed by atoms with Crippen LogP contribution in [0.25, 0.3) is 0 Å². The van der Waals surface area contributed by atoms with E-state index in [1.165, 1.54) is 37.7 Å². The average Bonchev–Trinajstić information content (AvgIpc) is 2.62. The monoisotopic (exact) mass is 353 g/mol. The fourth-order valence-corrected chi connectivity index (χ4v) is 4.19. The molecule has 2 atom stereocenters. The fraction of sp³-hybridized carbons (Fsp3) is 0.667. The highest BCUT2D eigenvalue weighted by molar-refractivity contribution is 9.10. The minimum atomic E-state index is -0.0312. The fourth-order valence-electron chi connectivity index (χ4n) is 3.60. The van der Waals surface area contributed by atoms with Gasteiger partial charge in [0.2, 0.25) is 0 Å². The Labute approximate surface area is 137 Å². The second kappa shape index (κ2) is 7.64. The molecule has 0 aromatic heterocycles. The van der Waals surface area contributed by atoms with Crippen molar-refractivity contribution in [2.45, 2.75) is 63.8 Å². The molecule has 1 saturated carbocycles. The average molecular weight is 354 g/mol. The Kier molecular flexibility index (Phi) is 6.12. The molecule has 2 unspecified atom stereocenters. The summed E-state index contributed by atoms with van der Waals surface area (Å²) in [4.78, 5) is 0. The van der Waals surface area contributed by atoms with Crippen LogP contribution in [0.3, 0.4) is 0 Å². The van der Waals surface area contributed by atoms with Crippen LogP contribution in [-0.4, -0.2) is 12.6 Å². The van der Waals surface area contributed by atoms with E-state index in [2.05, 4.69) is 35.0 Å². The molecule has 1 aromatic rings. The normalized spacial score (nSPS) is 26.4. The minimum Gasteiger partial charge on any atom is -0.496 e. The maximum absolute atomic E-state index is 6.72. The lowest BCUT2D eigenvalue weighted by Crippen LogP contribution is -2.41. The summed E-state index contributed by atoms with van der Waals surface area (Å²) in [6.45, 7) is 2.29. The van der Waals surface area contributed by atoms with Crippen molar-refractivity contribution >= 4 is 15.9 Å². The van der Waals surface area contributed by atoms with Gasteiger partial charge in [0.05, 0.1) is 11.6 Å². The largest absolute Gasteiger partial charge is 0.496 e. The third kappa shape index (κ3) is 4.72. The van der Waals surface area contributed by atoms with E-state index in [-0.39, 0.29) is 5.54 Å². The van der Waals surface area contributed by atoms with Crippen LogP contribution in [0.2, 0.25) is 0 Å². The molecule has 0 amide bonds. The van der Waals surface area contributed by atoms with E-state index < -0.39 is 0 Å². The van der Waals surface area contributed by atoms with Crippen LogP contribution in [0.15, 0.2) is 22.7 Å². The summed E-state index contributed by atoms with van der Waals surface area (Å²) in [5.74, 6) is 1.77. The van der Waals surface area contributed by atoms with Crippen molar-refractivity contribution in [3.63, 3.8) is 0 Å². The minimum absolute atomic E-state index is 0.0312. The lowest BCUT2D eigenvalue weighted by atomic mass is 9.84. The zero-order valence-corrected chi connectivity index (χ0v) is 14.9. The van der Waals surface area contributed by atoms with E-state index in [1.54, 1.807) is 7.11 Å². The summed E-state index contributed by atoms with van der Waals surface area (Å²) >= 11 is 3.57. The molecule has 0 heterocycles. The Morgan fingerprint density at radius 1 is 1.33 bits per heavy atom. The van der Waals surface area contributed by atoms with Crippen LogP contribution >= 0.6 is 15.9 Å². The molecule has 1 aliphatic carbocycles. The molecule has 1 aromatic carbocycles. The maximum atomic E-state index is 6.72. The van der Waals surface area contributed by atoms with Gasteiger partial charge in [-0.25, -0.2) is 0 Å². The molecule has 2 rings (SSSR count). The number of ether oxygens (including phenoxy) is 1. The smallest absolute Gasteiger partial charge is 0.133 e. The predicted octanol–water partition coefficient (Wildman–Crippen LogP) is 5.08. The molecule has 3 heteroatoms. The first-order valence-corrected chi connectivity index (χ1v) is 8.97. The zero-order chi connectivity index (χ0) is 15.3.